The fourth-order valence-electron chi connectivity index (χ4n) is 1.64. The van der Waals surface area contributed by atoms with Crippen LogP contribution in [0, 0.1) is 0 Å². The molecule has 0 saturated heterocycles. The van der Waals surface area contributed by atoms with Crippen LogP contribution in [0.5, 0.6) is 0 Å². The summed E-state index contributed by atoms with van der Waals surface area (Å²) in [6.45, 7) is 0.489. The van der Waals surface area contributed by atoms with Gasteiger partial charge >= 0.3 is 0 Å². The van der Waals surface area contributed by atoms with Crippen molar-refractivity contribution in [1.29, 1.82) is 0 Å². The SMILES string of the molecule is NCCNS(=O)(=O)c1ccc2cc(Cl)ccc2c1. The number of nitrogens with one attached hydrogen (secondary N) is 1. The Morgan fingerprint density at radius 2 is 1.78 bits per heavy atom. The number of nitrogens with two attached hydrogens (primary N) is 1. The molecule has 0 fully saturated rings. The van der Waals surface area contributed by atoms with Gasteiger partial charge in [-0.2, -0.15) is 0 Å². The molecule has 0 aliphatic carbocycles. The highest BCUT2D eigenvalue weighted by molar-refractivity contribution is 7.89. The van der Waals surface area contributed by atoms with Gasteiger partial charge in [0.2, 0.25) is 10.0 Å². The smallest absolute Gasteiger partial charge is 0.240 e. The molecule has 3 N–H and O–H groups in total. The zero-order valence-corrected chi connectivity index (χ0v) is 11.1. The van der Waals surface area contributed by atoms with Crippen LogP contribution in [0.15, 0.2) is 41.3 Å². The first-order valence-corrected chi connectivity index (χ1v) is 7.28. The summed E-state index contributed by atoms with van der Waals surface area (Å²) in [5.41, 5.74) is 5.28. The van der Waals surface area contributed by atoms with Crippen LogP contribution in [0.2, 0.25) is 5.02 Å². The highest BCUT2D eigenvalue weighted by Gasteiger charge is 2.13. The maximum absolute atomic E-state index is 11.9. The highest BCUT2D eigenvalue weighted by Crippen LogP contribution is 2.22. The van der Waals surface area contributed by atoms with E-state index in [1.807, 2.05) is 0 Å². The Balaban J connectivity index is 2.44. The molecule has 0 unspecified atom stereocenters. The number of hydrogen-bond acceptors (Lipinski definition) is 3. The van der Waals surface area contributed by atoms with Crippen LogP contribution in [0.1, 0.15) is 0 Å². The first-order chi connectivity index (χ1) is 8.53. The van der Waals surface area contributed by atoms with E-state index in [2.05, 4.69) is 4.72 Å². The van der Waals surface area contributed by atoms with Crippen LogP contribution in [0.4, 0.5) is 0 Å². The van der Waals surface area contributed by atoms with Gasteiger partial charge in [-0.25, -0.2) is 13.1 Å². The maximum Gasteiger partial charge on any atom is 0.240 e. The molecule has 18 heavy (non-hydrogen) atoms. The molecule has 0 radical (unpaired) electrons. The molecule has 0 bridgehead atoms. The van der Waals surface area contributed by atoms with Crippen molar-refractivity contribution in [2.24, 2.45) is 5.73 Å². The molecular weight excluding hydrogens is 272 g/mol. The summed E-state index contributed by atoms with van der Waals surface area (Å²) in [6, 6.07) is 10.2. The van der Waals surface area contributed by atoms with Gasteiger partial charge in [0.15, 0.2) is 0 Å². The van der Waals surface area contributed by atoms with Gasteiger partial charge < -0.3 is 5.73 Å². The molecular formula is C12H13ClN2O2S. The molecule has 0 spiro atoms. The lowest BCUT2D eigenvalue weighted by atomic mass is 10.1. The summed E-state index contributed by atoms with van der Waals surface area (Å²) < 4.78 is 26.2. The molecule has 0 amide bonds. The van der Waals surface area contributed by atoms with Crippen molar-refractivity contribution >= 4 is 32.4 Å². The zero-order chi connectivity index (χ0) is 13.2. The second kappa shape index (κ2) is 5.24. The van der Waals surface area contributed by atoms with Crippen molar-refractivity contribution in [3.8, 4) is 0 Å². The van der Waals surface area contributed by atoms with Crippen LogP contribution in [0.3, 0.4) is 0 Å². The maximum atomic E-state index is 11.9. The van der Waals surface area contributed by atoms with E-state index in [4.69, 9.17) is 17.3 Å². The Hall–Kier alpha value is -1.14. The third-order valence-electron chi connectivity index (χ3n) is 2.52. The standard InChI is InChI=1S/C12H13ClN2O2S/c13-11-3-1-10-8-12(4-2-9(10)7-11)18(16,17)15-6-5-14/h1-4,7-8,15H,5-6,14H2. The van der Waals surface area contributed by atoms with Crippen molar-refractivity contribution in [3.05, 3.63) is 41.4 Å². The fraction of sp³-hybridized carbons (Fsp3) is 0.167. The highest BCUT2D eigenvalue weighted by atomic mass is 35.5. The molecule has 0 aromatic heterocycles. The van der Waals surface area contributed by atoms with Gasteiger partial charge in [-0.3, -0.25) is 0 Å². The van der Waals surface area contributed by atoms with Crippen LogP contribution in [-0.2, 0) is 10.0 Å². The van der Waals surface area contributed by atoms with E-state index in [1.54, 1.807) is 36.4 Å². The van der Waals surface area contributed by atoms with Gasteiger partial charge in [0.05, 0.1) is 4.90 Å². The topological polar surface area (TPSA) is 72.2 Å². The van der Waals surface area contributed by atoms with Crippen LogP contribution in [0.25, 0.3) is 10.8 Å². The second-order valence-electron chi connectivity index (χ2n) is 3.84. The van der Waals surface area contributed by atoms with Gasteiger partial charge in [-0.15, -0.1) is 0 Å². The molecule has 0 aliphatic rings. The lowest BCUT2D eigenvalue weighted by molar-refractivity contribution is 0.582. The quantitative estimate of drug-likeness (QED) is 0.898. The Bertz CT molecular complexity index is 671. The average molecular weight is 285 g/mol. The van der Waals surface area contributed by atoms with E-state index in [-0.39, 0.29) is 18.0 Å². The van der Waals surface area contributed by atoms with E-state index in [0.29, 0.717) is 5.02 Å². The number of rotatable bonds is 4. The summed E-state index contributed by atoms with van der Waals surface area (Å²) in [5.74, 6) is 0. The van der Waals surface area contributed by atoms with Gasteiger partial charge in [0.25, 0.3) is 0 Å². The summed E-state index contributed by atoms with van der Waals surface area (Å²) in [4.78, 5) is 0.228. The first kappa shape index (κ1) is 13.3. The Morgan fingerprint density at radius 1 is 1.11 bits per heavy atom. The number of sulfonamides is 1. The molecule has 2 aromatic rings. The summed E-state index contributed by atoms with van der Waals surface area (Å²) in [5, 5.41) is 2.36. The van der Waals surface area contributed by atoms with Crippen molar-refractivity contribution in [3.63, 3.8) is 0 Å². The van der Waals surface area contributed by atoms with Crippen LogP contribution >= 0.6 is 11.6 Å². The van der Waals surface area contributed by atoms with Crippen molar-refractivity contribution in [2.75, 3.05) is 13.1 Å². The molecule has 6 heteroatoms. The van der Waals surface area contributed by atoms with E-state index >= 15 is 0 Å². The number of halogens is 1. The third kappa shape index (κ3) is 2.81. The Kier molecular flexibility index (Phi) is 3.87. The predicted molar refractivity (Wildman–Crippen MR) is 73.2 cm³/mol. The fourth-order valence-corrected chi connectivity index (χ4v) is 2.90. The summed E-state index contributed by atoms with van der Waals surface area (Å²) >= 11 is 5.87. The minimum atomic E-state index is -3.49. The molecule has 0 heterocycles. The van der Waals surface area contributed by atoms with Crippen LogP contribution in [-0.4, -0.2) is 21.5 Å². The number of hydrogen-bond donors (Lipinski definition) is 2. The molecule has 96 valence electrons. The third-order valence-corrected chi connectivity index (χ3v) is 4.21. The molecule has 4 nitrogen and oxygen atoms in total. The largest absolute Gasteiger partial charge is 0.329 e. The van der Waals surface area contributed by atoms with E-state index < -0.39 is 10.0 Å². The van der Waals surface area contributed by atoms with Crippen molar-refractivity contribution < 1.29 is 8.42 Å². The van der Waals surface area contributed by atoms with Crippen LogP contribution < -0.4 is 10.5 Å². The number of benzene rings is 2. The van der Waals surface area contributed by atoms with E-state index in [0.717, 1.165) is 10.8 Å². The predicted octanol–water partition coefficient (Wildman–Crippen LogP) is 1.73. The molecule has 2 rings (SSSR count). The van der Waals surface area contributed by atoms with Gasteiger partial charge in [-0.05, 0) is 35.0 Å². The lowest BCUT2D eigenvalue weighted by Gasteiger charge is -2.07. The van der Waals surface area contributed by atoms with Gasteiger partial charge in [-0.1, -0.05) is 23.7 Å². The number of fused-ring (bicyclic) bond motifs is 1. The van der Waals surface area contributed by atoms with Gasteiger partial charge in [0, 0.05) is 18.1 Å². The zero-order valence-electron chi connectivity index (χ0n) is 9.56. The second-order valence-corrected chi connectivity index (χ2v) is 6.04. The van der Waals surface area contributed by atoms with E-state index in [9.17, 15) is 8.42 Å². The molecule has 0 saturated carbocycles. The minimum Gasteiger partial charge on any atom is -0.329 e. The first-order valence-electron chi connectivity index (χ1n) is 5.42. The normalized spacial score (nSPS) is 11.9. The average Bonchev–Trinajstić information content (AvgIpc) is 2.35. The Morgan fingerprint density at radius 3 is 2.50 bits per heavy atom. The van der Waals surface area contributed by atoms with Crippen molar-refractivity contribution in [1.82, 2.24) is 4.72 Å². The molecule has 2 aromatic carbocycles. The Labute approximate surface area is 111 Å². The monoisotopic (exact) mass is 284 g/mol. The van der Waals surface area contributed by atoms with E-state index in [1.165, 1.54) is 0 Å². The molecule has 0 atom stereocenters. The van der Waals surface area contributed by atoms with Gasteiger partial charge in [0.1, 0.15) is 0 Å². The summed E-state index contributed by atoms with van der Waals surface area (Å²) in [7, 11) is -3.49. The lowest BCUT2D eigenvalue weighted by Crippen LogP contribution is -2.29. The van der Waals surface area contributed by atoms with Crippen molar-refractivity contribution in [2.45, 2.75) is 4.90 Å². The molecule has 0 aliphatic heterocycles. The minimum absolute atomic E-state index is 0.223. The summed E-state index contributed by atoms with van der Waals surface area (Å²) in [6.07, 6.45) is 0.